The second-order valence-electron chi connectivity index (χ2n) is 3.47. The predicted octanol–water partition coefficient (Wildman–Crippen LogP) is 1.49. The monoisotopic (exact) mass is 241 g/mol. The average molecular weight is 241 g/mol. The number of aromatic nitrogens is 1. The molecule has 0 fully saturated rings. The Labute approximate surface area is 90.9 Å². The van der Waals surface area contributed by atoms with Crippen LogP contribution in [0.15, 0.2) is 34.0 Å². The highest BCUT2D eigenvalue weighted by molar-refractivity contribution is 7.86. The molecule has 0 spiro atoms. The van der Waals surface area contributed by atoms with Gasteiger partial charge in [-0.15, -0.1) is 3.89 Å². The fourth-order valence-corrected chi connectivity index (χ4v) is 1.94. The van der Waals surface area contributed by atoms with Crippen LogP contribution >= 0.6 is 0 Å². The molecule has 16 heavy (non-hydrogen) atoms. The van der Waals surface area contributed by atoms with E-state index in [0.29, 0.717) is 16.5 Å². The standard InChI is InChI=1S/C10H8FNO3S/c1-6-4-7-5-8(16(11,14)15)2-3-9(7)12-10(6)13/h2-5H,1H3,(H,12,13). The zero-order chi connectivity index (χ0) is 11.9. The van der Waals surface area contributed by atoms with E-state index in [1.165, 1.54) is 18.2 Å². The van der Waals surface area contributed by atoms with Gasteiger partial charge in [-0.2, -0.15) is 8.42 Å². The van der Waals surface area contributed by atoms with Crippen LogP contribution in [0.2, 0.25) is 0 Å². The molecule has 6 heteroatoms. The molecule has 0 amide bonds. The second-order valence-corrected chi connectivity index (χ2v) is 4.82. The minimum Gasteiger partial charge on any atom is -0.322 e. The molecule has 0 unspecified atom stereocenters. The van der Waals surface area contributed by atoms with Crippen molar-refractivity contribution in [2.45, 2.75) is 11.8 Å². The van der Waals surface area contributed by atoms with Crippen LogP contribution in [0.1, 0.15) is 5.56 Å². The summed E-state index contributed by atoms with van der Waals surface area (Å²) < 4.78 is 34.1. The van der Waals surface area contributed by atoms with Crippen LogP contribution in [0.4, 0.5) is 3.89 Å². The molecule has 0 aliphatic rings. The summed E-state index contributed by atoms with van der Waals surface area (Å²) in [7, 11) is -4.71. The molecule has 84 valence electrons. The van der Waals surface area contributed by atoms with E-state index < -0.39 is 15.1 Å². The quantitative estimate of drug-likeness (QED) is 0.769. The van der Waals surface area contributed by atoms with Gasteiger partial charge in [0, 0.05) is 11.1 Å². The largest absolute Gasteiger partial charge is 0.332 e. The summed E-state index contributed by atoms with van der Waals surface area (Å²) in [6, 6.07) is 5.18. The summed E-state index contributed by atoms with van der Waals surface area (Å²) in [4.78, 5) is 13.4. The van der Waals surface area contributed by atoms with Crippen LogP contribution in [0.25, 0.3) is 10.9 Å². The molecule has 0 aliphatic carbocycles. The van der Waals surface area contributed by atoms with E-state index in [9.17, 15) is 17.1 Å². The van der Waals surface area contributed by atoms with Crippen molar-refractivity contribution in [2.75, 3.05) is 0 Å². The van der Waals surface area contributed by atoms with Gasteiger partial charge in [0.2, 0.25) is 0 Å². The summed E-state index contributed by atoms with van der Waals surface area (Å²) in [5.41, 5.74) is 0.673. The van der Waals surface area contributed by atoms with Crippen molar-refractivity contribution in [1.29, 1.82) is 0 Å². The Bertz CT molecular complexity index is 718. The molecule has 0 aliphatic heterocycles. The van der Waals surface area contributed by atoms with Crippen LogP contribution in [0.5, 0.6) is 0 Å². The Morgan fingerprint density at radius 3 is 2.56 bits per heavy atom. The number of rotatable bonds is 1. The van der Waals surface area contributed by atoms with E-state index in [-0.39, 0.29) is 5.56 Å². The lowest BCUT2D eigenvalue weighted by atomic mass is 10.2. The number of aromatic amines is 1. The molecule has 1 aromatic carbocycles. The SMILES string of the molecule is Cc1cc2cc(S(=O)(=O)F)ccc2[nH]c1=O. The first-order valence-corrected chi connectivity index (χ1v) is 5.84. The fraction of sp³-hybridized carbons (Fsp3) is 0.100. The number of benzene rings is 1. The van der Waals surface area contributed by atoms with Gasteiger partial charge in [0.15, 0.2) is 0 Å². The molecule has 0 radical (unpaired) electrons. The first-order valence-electron chi connectivity index (χ1n) is 4.46. The summed E-state index contributed by atoms with van der Waals surface area (Å²) in [6.45, 7) is 1.59. The van der Waals surface area contributed by atoms with Crippen molar-refractivity contribution in [3.05, 3.63) is 40.2 Å². The lowest BCUT2D eigenvalue weighted by Gasteiger charge is -2.01. The molecule has 4 nitrogen and oxygen atoms in total. The molecule has 1 N–H and O–H groups in total. The highest BCUT2D eigenvalue weighted by Gasteiger charge is 2.12. The fourth-order valence-electron chi connectivity index (χ4n) is 1.45. The van der Waals surface area contributed by atoms with E-state index in [2.05, 4.69) is 4.98 Å². The molecule has 0 saturated carbocycles. The Kier molecular flexibility index (Phi) is 2.31. The number of aryl methyl sites for hydroxylation is 1. The Balaban J connectivity index is 2.82. The van der Waals surface area contributed by atoms with Crippen LogP contribution < -0.4 is 5.56 Å². The first-order chi connectivity index (χ1) is 7.38. The van der Waals surface area contributed by atoms with E-state index >= 15 is 0 Å². The molecule has 0 atom stereocenters. The van der Waals surface area contributed by atoms with Crippen molar-refractivity contribution < 1.29 is 12.3 Å². The van der Waals surface area contributed by atoms with E-state index in [4.69, 9.17) is 0 Å². The predicted molar refractivity (Wildman–Crippen MR) is 57.6 cm³/mol. The minimum atomic E-state index is -4.71. The number of pyridine rings is 1. The van der Waals surface area contributed by atoms with Gasteiger partial charge in [0.1, 0.15) is 0 Å². The number of fused-ring (bicyclic) bond motifs is 1. The molecule has 2 aromatic rings. The van der Waals surface area contributed by atoms with Gasteiger partial charge in [-0.25, -0.2) is 0 Å². The van der Waals surface area contributed by atoms with Gasteiger partial charge in [-0.1, -0.05) is 0 Å². The zero-order valence-electron chi connectivity index (χ0n) is 8.32. The Hall–Kier alpha value is -1.69. The Morgan fingerprint density at radius 1 is 1.25 bits per heavy atom. The van der Waals surface area contributed by atoms with Crippen molar-refractivity contribution in [3.63, 3.8) is 0 Å². The lowest BCUT2D eigenvalue weighted by molar-refractivity contribution is 0.552. The minimum absolute atomic E-state index is 0.247. The van der Waals surface area contributed by atoms with E-state index in [1.807, 2.05) is 0 Å². The molecule has 0 bridgehead atoms. The van der Waals surface area contributed by atoms with Crippen LogP contribution in [-0.4, -0.2) is 13.4 Å². The van der Waals surface area contributed by atoms with Gasteiger partial charge >= 0.3 is 10.2 Å². The second kappa shape index (κ2) is 3.41. The van der Waals surface area contributed by atoms with Gasteiger partial charge in [-0.3, -0.25) is 4.79 Å². The number of halogens is 1. The van der Waals surface area contributed by atoms with E-state index in [1.54, 1.807) is 6.92 Å². The maximum atomic E-state index is 12.7. The third kappa shape index (κ3) is 1.83. The molecule has 1 aromatic heterocycles. The van der Waals surface area contributed by atoms with Crippen LogP contribution in [-0.2, 0) is 10.2 Å². The topological polar surface area (TPSA) is 67.0 Å². The number of hydrogen-bond donors (Lipinski definition) is 1. The highest BCUT2D eigenvalue weighted by Crippen LogP contribution is 2.18. The molecule has 2 rings (SSSR count). The summed E-state index contributed by atoms with van der Waals surface area (Å²) in [5, 5.41) is 0.482. The Morgan fingerprint density at radius 2 is 1.94 bits per heavy atom. The summed E-state index contributed by atoms with van der Waals surface area (Å²) in [5.74, 6) is 0. The molecule has 0 saturated heterocycles. The normalized spacial score (nSPS) is 11.9. The zero-order valence-corrected chi connectivity index (χ0v) is 9.14. The maximum Gasteiger partial charge on any atom is 0.332 e. The molecule has 1 heterocycles. The van der Waals surface area contributed by atoms with Crippen molar-refractivity contribution in [1.82, 2.24) is 4.98 Å². The third-order valence-electron chi connectivity index (χ3n) is 2.28. The van der Waals surface area contributed by atoms with E-state index in [0.717, 1.165) is 6.07 Å². The smallest absolute Gasteiger partial charge is 0.322 e. The first kappa shape index (κ1) is 10.8. The highest BCUT2D eigenvalue weighted by atomic mass is 32.3. The van der Waals surface area contributed by atoms with Crippen molar-refractivity contribution >= 4 is 21.1 Å². The molecular formula is C10H8FNO3S. The van der Waals surface area contributed by atoms with Gasteiger partial charge in [0.25, 0.3) is 5.56 Å². The maximum absolute atomic E-state index is 12.7. The van der Waals surface area contributed by atoms with Gasteiger partial charge in [0.05, 0.1) is 4.90 Å². The van der Waals surface area contributed by atoms with Gasteiger partial charge < -0.3 is 4.98 Å². The van der Waals surface area contributed by atoms with Crippen LogP contribution in [0, 0.1) is 6.92 Å². The van der Waals surface area contributed by atoms with Crippen LogP contribution in [0.3, 0.4) is 0 Å². The van der Waals surface area contributed by atoms with Crippen molar-refractivity contribution in [2.24, 2.45) is 0 Å². The number of H-pyrrole nitrogens is 1. The van der Waals surface area contributed by atoms with Crippen molar-refractivity contribution in [3.8, 4) is 0 Å². The summed E-state index contributed by atoms with van der Waals surface area (Å²) >= 11 is 0. The average Bonchev–Trinajstić information content (AvgIpc) is 2.17. The number of nitrogens with one attached hydrogen (secondary N) is 1. The molecular weight excluding hydrogens is 233 g/mol. The lowest BCUT2D eigenvalue weighted by Crippen LogP contribution is -2.08. The number of hydrogen-bond acceptors (Lipinski definition) is 3. The summed E-state index contributed by atoms with van der Waals surface area (Å²) in [6.07, 6.45) is 0. The van der Waals surface area contributed by atoms with Gasteiger partial charge in [-0.05, 0) is 36.6 Å². The third-order valence-corrected chi connectivity index (χ3v) is 3.10.